The predicted molar refractivity (Wildman–Crippen MR) is 130 cm³/mol. The highest BCUT2D eigenvalue weighted by molar-refractivity contribution is 6.30. The highest BCUT2D eigenvalue weighted by Gasteiger charge is 2.31. The summed E-state index contributed by atoms with van der Waals surface area (Å²) in [5.74, 6) is -0.219. The van der Waals surface area contributed by atoms with Gasteiger partial charge in [0, 0.05) is 24.9 Å². The average Bonchev–Trinajstić information content (AvgIpc) is 2.79. The van der Waals surface area contributed by atoms with Gasteiger partial charge in [-0.2, -0.15) is 0 Å². The van der Waals surface area contributed by atoms with Crippen molar-refractivity contribution in [2.75, 3.05) is 23.3 Å². The van der Waals surface area contributed by atoms with Gasteiger partial charge in [0.1, 0.15) is 28.3 Å². The number of halogens is 1. The Balaban J connectivity index is 1.32. The van der Waals surface area contributed by atoms with Gasteiger partial charge >= 0.3 is 5.97 Å². The first-order chi connectivity index (χ1) is 16.4. The van der Waals surface area contributed by atoms with Crippen LogP contribution in [0.1, 0.15) is 12.0 Å². The van der Waals surface area contributed by atoms with Crippen LogP contribution in [-0.4, -0.2) is 35.2 Å². The summed E-state index contributed by atoms with van der Waals surface area (Å²) in [6, 6.07) is 15.2. The summed E-state index contributed by atoms with van der Waals surface area (Å²) in [6.07, 6.45) is 1.06. The Morgan fingerprint density at radius 2 is 1.85 bits per heavy atom. The molecular formula is C25H20ClN3O5. The lowest BCUT2D eigenvalue weighted by Gasteiger charge is -2.35. The van der Waals surface area contributed by atoms with Gasteiger partial charge < -0.3 is 20.1 Å². The predicted octanol–water partition coefficient (Wildman–Crippen LogP) is 3.59. The Morgan fingerprint density at radius 3 is 2.53 bits per heavy atom. The lowest BCUT2D eigenvalue weighted by molar-refractivity contribution is -0.137. The molecule has 5 rings (SSSR count). The van der Waals surface area contributed by atoms with Crippen molar-refractivity contribution < 1.29 is 14.6 Å². The first-order valence-corrected chi connectivity index (χ1v) is 11.2. The molecule has 1 aliphatic heterocycles. The summed E-state index contributed by atoms with van der Waals surface area (Å²) in [6.45, 7) is 1.38. The van der Waals surface area contributed by atoms with Gasteiger partial charge in [0.05, 0.1) is 0 Å². The Labute approximate surface area is 199 Å². The third kappa shape index (κ3) is 4.08. The molecule has 4 aromatic rings. The zero-order valence-corrected chi connectivity index (χ0v) is 18.7. The van der Waals surface area contributed by atoms with Crippen LogP contribution in [0.4, 0.5) is 11.4 Å². The van der Waals surface area contributed by atoms with Gasteiger partial charge in [-0.1, -0.05) is 41.9 Å². The van der Waals surface area contributed by atoms with E-state index in [4.69, 9.17) is 16.3 Å². The van der Waals surface area contributed by atoms with Crippen LogP contribution in [0.3, 0.4) is 0 Å². The van der Waals surface area contributed by atoms with E-state index < -0.39 is 22.9 Å². The summed E-state index contributed by atoms with van der Waals surface area (Å²) in [5, 5.41) is 14.5. The highest BCUT2D eigenvalue weighted by Crippen LogP contribution is 2.31. The van der Waals surface area contributed by atoms with E-state index in [2.05, 4.69) is 10.3 Å². The van der Waals surface area contributed by atoms with Gasteiger partial charge in [-0.05, 0) is 41.6 Å². The number of rotatable bonds is 8. The van der Waals surface area contributed by atoms with Crippen LogP contribution in [-0.2, 0) is 11.2 Å². The zero-order valence-electron chi connectivity index (χ0n) is 18.0. The second-order valence-electron chi connectivity index (χ2n) is 8.18. The second kappa shape index (κ2) is 8.79. The molecule has 0 unspecified atom stereocenters. The minimum Gasteiger partial charge on any atom is -0.480 e. The molecule has 0 bridgehead atoms. The maximum Gasteiger partial charge on any atom is 0.326 e. The molecule has 1 atom stereocenters. The van der Waals surface area contributed by atoms with Crippen molar-refractivity contribution in [1.82, 2.24) is 4.98 Å². The monoisotopic (exact) mass is 477 g/mol. The Kier molecular flexibility index (Phi) is 5.67. The molecule has 34 heavy (non-hydrogen) atoms. The molecule has 2 N–H and O–H groups in total. The molecule has 3 aromatic carbocycles. The smallest absolute Gasteiger partial charge is 0.326 e. The van der Waals surface area contributed by atoms with Gasteiger partial charge in [0.2, 0.25) is 5.88 Å². The van der Waals surface area contributed by atoms with E-state index in [0.717, 1.165) is 22.8 Å². The third-order valence-electron chi connectivity index (χ3n) is 5.93. The highest BCUT2D eigenvalue weighted by atomic mass is 35.5. The van der Waals surface area contributed by atoms with Crippen LogP contribution < -0.4 is 25.8 Å². The largest absolute Gasteiger partial charge is 0.480 e. The normalized spacial score (nSPS) is 14.1. The van der Waals surface area contributed by atoms with Crippen LogP contribution in [0, 0.1) is 0 Å². The Bertz CT molecular complexity index is 1460. The molecule has 0 saturated carbocycles. The maximum absolute atomic E-state index is 12.0. The van der Waals surface area contributed by atoms with Crippen LogP contribution >= 0.6 is 11.6 Å². The minimum absolute atomic E-state index is 0.0935. The molecule has 0 radical (unpaired) electrons. The average molecular weight is 478 g/mol. The number of carboxylic acids is 1. The third-order valence-corrected chi connectivity index (χ3v) is 6.12. The molecule has 0 amide bonds. The maximum atomic E-state index is 12.0. The van der Waals surface area contributed by atoms with E-state index >= 15 is 0 Å². The van der Waals surface area contributed by atoms with E-state index in [1.54, 1.807) is 35.2 Å². The molecule has 9 heteroatoms. The van der Waals surface area contributed by atoms with Gasteiger partial charge in [0.25, 0.3) is 10.9 Å². The molecule has 172 valence electrons. The number of benzene rings is 2. The molecular weight excluding hydrogens is 458 g/mol. The summed E-state index contributed by atoms with van der Waals surface area (Å²) in [7, 11) is 0. The molecule has 1 aliphatic rings. The van der Waals surface area contributed by atoms with Crippen molar-refractivity contribution >= 4 is 39.7 Å². The summed E-state index contributed by atoms with van der Waals surface area (Å²) in [4.78, 5) is 41.9. The number of carboxylic acid groups (broad SMARTS) is 1. The van der Waals surface area contributed by atoms with E-state index in [0.29, 0.717) is 35.6 Å². The van der Waals surface area contributed by atoms with E-state index in [1.807, 2.05) is 24.3 Å². The van der Waals surface area contributed by atoms with E-state index in [9.17, 15) is 19.5 Å². The number of ether oxygens (including phenoxy) is 1. The van der Waals surface area contributed by atoms with Crippen LogP contribution in [0.2, 0.25) is 5.15 Å². The van der Waals surface area contributed by atoms with Crippen molar-refractivity contribution in [2.45, 2.75) is 18.9 Å². The van der Waals surface area contributed by atoms with Gasteiger partial charge in [0.15, 0.2) is 0 Å². The standard InChI is InChI=1S/C25H20ClN3O5/c26-19-13-15-4-1-2-5-17(15)24(28-19)34-16-8-6-14(7-9-16)12-18(25(32)33)27-20-21(23(31)22(20)30)29-10-3-11-29/h1-2,4-9,13,18,27H,3,10-12H2,(H,32,33)/t18-/m0/s1. The van der Waals surface area contributed by atoms with Gasteiger partial charge in [-0.25, -0.2) is 9.78 Å². The zero-order chi connectivity index (χ0) is 23.8. The topological polar surface area (TPSA) is 109 Å². The van der Waals surface area contributed by atoms with Crippen LogP contribution in [0.25, 0.3) is 10.8 Å². The molecule has 1 saturated heterocycles. The summed E-state index contributed by atoms with van der Waals surface area (Å²) in [5.41, 5.74) is -0.114. The molecule has 1 fully saturated rings. The number of anilines is 2. The van der Waals surface area contributed by atoms with Crippen molar-refractivity contribution in [3.05, 3.63) is 85.8 Å². The number of pyridine rings is 1. The number of hydrogen-bond donors (Lipinski definition) is 2. The summed E-state index contributed by atoms with van der Waals surface area (Å²) < 4.78 is 5.93. The second-order valence-corrected chi connectivity index (χ2v) is 8.57. The lowest BCUT2D eigenvalue weighted by Crippen LogP contribution is -2.49. The number of nitrogens with one attached hydrogen (secondary N) is 1. The molecule has 0 spiro atoms. The van der Waals surface area contributed by atoms with Crippen molar-refractivity contribution in [3.8, 4) is 11.6 Å². The van der Waals surface area contributed by atoms with Gasteiger partial charge in [-0.15, -0.1) is 0 Å². The fraction of sp³-hybridized carbons (Fsp3) is 0.200. The fourth-order valence-corrected chi connectivity index (χ4v) is 4.18. The van der Waals surface area contributed by atoms with Crippen molar-refractivity contribution in [3.63, 3.8) is 0 Å². The SMILES string of the molecule is O=C(O)[C@H](Cc1ccc(Oc2nc(Cl)cc3ccccc23)cc1)Nc1c(N2CCC2)c(=O)c1=O. The number of aromatic nitrogens is 1. The lowest BCUT2D eigenvalue weighted by atomic mass is 10.0. The first-order valence-electron chi connectivity index (χ1n) is 10.8. The number of hydrogen-bond acceptors (Lipinski definition) is 7. The summed E-state index contributed by atoms with van der Waals surface area (Å²) >= 11 is 6.12. The van der Waals surface area contributed by atoms with Crippen molar-refractivity contribution in [1.29, 1.82) is 0 Å². The van der Waals surface area contributed by atoms with Crippen molar-refractivity contribution in [2.24, 2.45) is 0 Å². The van der Waals surface area contributed by atoms with E-state index in [1.165, 1.54) is 0 Å². The molecule has 8 nitrogen and oxygen atoms in total. The minimum atomic E-state index is -1.11. The molecule has 0 aliphatic carbocycles. The van der Waals surface area contributed by atoms with Crippen LogP contribution in [0.5, 0.6) is 11.6 Å². The number of fused-ring (bicyclic) bond motifs is 1. The van der Waals surface area contributed by atoms with Gasteiger partial charge in [-0.3, -0.25) is 9.59 Å². The fourth-order valence-electron chi connectivity index (χ4n) is 3.98. The number of carbonyl (C=O) groups is 1. The number of aliphatic carboxylic acids is 1. The van der Waals surface area contributed by atoms with Crippen LogP contribution in [0.15, 0.2) is 64.2 Å². The Hall–Kier alpha value is -3.91. The first kappa shape index (κ1) is 21.9. The molecule has 2 heterocycles. The van der Waals surface area contributed by atoms with E-state index in [-0.39, 0.29) is 12.1 Å². The number of nitrogens with zero attached hydrogens (tertiary/aromatic N) is 2. The Morgan fingerprint density at radius 1 is 1.12 bits per heavy atom. The quantitative estimate of drug-likeness (QED) is 0.293. The molecule has 1 aromatic heterocycles.